The van der Waals surface area contributed by atoms with Gasteiger partial charge in [0.1, 0.15) is 0 Å². The van der Waals surface area contributed by atoms with Crippen LogP contribution in [0, 0.1) is 0 Å². The first-order valence-electron chi connectivity index (χ1n) is 5.72. The van der Waals surface area contributed by atoms with Gasteiger partial charge in [-0.15, -0.1) is 0 Å². The van der Waals surface area contributed by atoms with Gasteiger partial charge in [-0.2, -0.15) is 0 Å². The first-order chi connectivity index (χ1) is 7.34. The van der Waals surface area contributed by atoms with E-state index < -0.39 is 0 Å². The minimum Gasteiger partial charge on any atom is -0.388 e. The number of unbranched alkanes of at least 4 members (excludes halogenated alkanes) is 2. The van der Waals surface area contributed by atoms with E-state index in [9.17, 15) is 5.11 Å². The zero-order valence-electron chi connectivity index (χ0n) is 9.39. The lowest BCUT2D eigenvalue weighted by atomic mass is 10.1. The van der Waals surface area contributed by atoms with Crippen molar-refractivity contribution in [3.05, 3.63) is 48.0 Å². The van der Waals surface area contributed by atoms with Crippen LogP contribution >= 0.6 is 0 Å². The molecular formula is C14H20O. The van der Waals surface area contributed by atoms with Crippen LogP contribution in [0.2, 0.25) is 0 Å². The summed E-state index contributed by atoms with van der Waals surface area (Å²) in [6, 6.07) is 9.81. The molecule has 1 aromatic rings. The van der Waals surface area contributed by atoms with Gasteiger partial charge in [-0.1, -0.05) is 62.2 Å². The summed E-state index contributed by atoms with van der Waals surface area (Å²) in [5.41, 5.74) is 0.998. The fourth-order valence-corrected chi connectivity index (χ4v) is 1.48. The van der Waals surface area contributed by atoms with Gasteiger partial charge in [0, 0.05) is 0 Å². The smallest absolute Gasteiger partial charge is 0.0824 e. The third-order valence-electron chi connectivity index (χ3n) is 2.43. The molecule has 1 rings (SSSR count). The molecule has 0 heterocycles. The minimum absolute atomic E-state index is 0.357. The molecule has 0 saturated carbocycles. The second-order valence-corrected chi connectivity index (χ2v) is 3.78. The van der Waals surface area contributed by atoms with Crippen LogP contribution in [0.3, 0.4) is 0 Å². The summed E-state index contributed by atoms with van der Waals surface area (Å²) in [6.45, 7) is 2.19. The van der Waals surface area contributed by atoms with Gasteiger partial charge in [0.05, 0.1) is 6.10 Å². The van der Waals surface area contributed by atoms with Crippen molar-refractivity contribution in [3.63, 3.8) is 0 Å². The molecule has 0 aromatic heterocycles. The van der Waals surface area contributed by atoms with E-state index in [-0.39, 0.29) is 6.10 Å². The molecule has 0 saturated heterocycles. The van der Waals surface area contributed by atoms with Crippen LogP contribution in [0.5, 0.6) is 0 Å². The zero-order chi connectivity index (χ0) is 10.9. The average molecular weight is 204 g/mol. The Morgan fingerprint density at radius 2 is 1.93 bits per heavy atom. The Kier molecular flexibility index (Phi) is 5.79. The molecule has 1 unspecified atom stereocenters. The fraction of sp³-hybridized carbons (Fsp3) is 0.429. The van der Waals surface area contributed by atoms with Crippen LogP contribution in [0.1, 0.15) is 44.3 Å². The normalized spacial score (nSPS) is 13.2. The molecule has 15 heavy (non-hydrogen) atoms. The highest BCUT2D eigenvalue weighted by Crippen LogP contribution is 2.16. The molecule has 0 bridgehead atoms. The SMILES string of the molecule is CCCC/C=C\CC(O)c1ccccc1. The summed E-state index contributed by atoms with van der Waals surface area (Å²) in [5.74, 6) is 0. The predicted molar refractivity (Wildman–Crippen MR) is 64.7 cm³/mol. The molecule has 1 aromatic carbocycles. The van der Waals surface area contributed by atoms with Crippen molar-refractivity contribution in [1.29, 1.82) is 0 Å². The number of aliphatic hydroxyl groups is 1. The van der Waals surface area contributed by atoms with E-state index in [4.69, 9.17) is 0 Å². The number of aliphatic hydroxyl groups excluding tert-OH is 1. The van der Waals surface area contributed by atoms with E-state index in [1.807, 2.05) is 30.3 Å². The largest absolute Gasteiger partial charge is 0.388 e. The number of rotatable bonds is 6. The molecule has 0 aliphatic heterocycles. The van der Waals surface area contributed by atoms with Gasteiger partial charge in [0.15, 0.2) is 0 Å². The third-order valence-corrected chi connectivity index (χ3v) is 2.43. The Balaban J connectivity index is 2.30. The third kappa shape index (κ3) is 4.80. The van der Waals surface area contributed by atoms with Crippen molar-refractivity contribution in [3.8, 4) is 0 Å². The highest BCUT2D eigenvalue weighted by molar-refractivity contribution is 5.17. The molecule has 1 heteroatoms. The van der Waals surface area contributed by atoms with Crippen molar-refractivity contribution < 1.29 is 5.11 Å². The van der Waals surface area contributed by atoms with Gasteiger partial charge in [-0.05, 0) is 18.4 Å². The van der Waals surface area contributed by atoms with Crippen LogP contribution in [-0.4, -0.2) is 5.11 Å². The molecule has 0 spiro atoms. The van der Waals surface area contributed by atoms with Crippen LogP contribution in [0.4, 0.5) is 0 Å². The Bertz CT molecular complexity index is 277. The highest BCUT2D eigenvalue weighted by atomic mass is 16.3. The summed E-state index contributed by atoms with van der Waals surface area (Å²) in [7, 11) is 0. The maximum atomic E-state index is 9.83. The molecule has 1 nitrogen and oxygen atoms in total. The molecule has 1 N–H and O–H groups in total. The van der Waals surface area contributed by atoms with E-state index >= 15 is 0 Å². The van der Waals surface area contributed by atoms with Crippen LogP contribution in [0.25, 0.3) is 0 Å². The standard InChI is InChI=1S/C14H20O/c1-2-3-4-5-9-12-14(15)13-10-7-6-8-11-13/h5-11,14-15H,2-4,12H2,1H3/b9-5-. The second kappa shape index (κ2) is 7.24. The molecular weight excluding hydrogens is 184 g/mol. The van der Waals surface area contributed by atoms with Crippen LogP contribution in [0.15, 0.2) is 42.5 Å². The Labute approximate surface area is 92.5 Å². The molecule has 82 valence electrons. The first kappa shape index (κ1) is 12.0. The summed E-state index contributed by atoms with van der Waals surface area (Å²) < 4.78 is 0. The summed E-state index contributed by atoms with van der Waals surface area (Å²) in [4.78, 5) is 0. The van der Waals surface area contributed by atoms with Crippen molar-refractivity contribution in [2.75, 3.05) is 0 Å². The molecule has 0 aliphatic rings. The molecule has 0 amide bonds. The Hall–Kier alpha value is -1.08. The quantitative estimate of drug-likeness (QED) is 0.551. The van der Waals surface area contributed by atoms with E-state index in [0.29, 0.717) is 6.42 Å². The van der Waals surface area contributed by atoms with Gasteiger partial charge in [0.25, 0.3) is 0 Å². The number of allylic oxidation sites excluding steroid dienone is 1. The fourth-order valence-electron chi connectivity index (χ4n) is 1.48. The summed E-state index contributed by atoms with van der Waals surface area (Å²) in [6.07, 6.45) is 8.18. The molecule has 1 atom stereocenters. The molecule has 0 fully saturated rings. The van der Waals surface area contributed by atoms with Crippen molar-refractivity contribution in [2.24, 2.45) is 0 Å². The van der Waals surface area contributed by atoms with E-state index in [1.165, 1.54) is 12.8 Å². The Morgan fingerprint density at radius 1 is 1.20 bits per heavy atom. The predicted octanol–water partition coefficient (Wildman–Crippen LogP) is 3.86. The van der Waals surface area contributed by atoms with Crippen molar-refractivity contribution in [2.45, 2.75) is 38.7 Å². The maximum absolute atomic E-state index is 9.83. The second-order valence-electron chi connectivity index (χ2n) is 3.78. The highest BCUT2D eigenvalue weighted by Gasteiger charge is 2.02. The van der Waals surface area contributed by atoms with E-state index in [0.717, 1.165) is 12.0 Å². The van der Waals surface area contributed by atoms with Crippen LogP contribution < -0.4 is 0 Å². The lowest BCUT2D eigenvalue weighted by Gasteiger charge is -2.07. The topological polar surface area (TPSA) is 20.2 Å². The number of hydrogen-bond acceptors (Lipinski definition) is 1. The lowest BCUT2D eigenvalue weighted by Crippen LogP contribution is -1.94. The van der Waals surface area contributed by atoms with E-state index in [1.54, 1.807) is 0 Å². The van der Waals surface area contributed by atoms with E-state index in [2.05, 4.69) is 19.1 Å². The molecule has 0 aliphatic carbocycles. The van der Waals surface area contributed by atoms with Gasteiger partial charge in [-0.3, -0.25) is 0 Å². The zero-order valence-corrected chi connectivity index (χ0v) is 9.39. The monoisotopic (exact) mass is 204 g/mol. The van der Waals surface area contributed by atoms with Gasteiger partial charge in [-0.25, -0.2) is 0 Å². The van der Waals surface area contributed by atoms with Gasteiger partial charge in [0.2, 0.25) is 0 Å². The van der Waals surface area contributed by atoms with Gasteiger partial charge < -0.3 is 5.11 Å². The lowest BCUT2D eigenvalue weighted by molar-refractivity contribution is 0.181. The maximum Gasteiger partial charge on any atom is 0.0824 e. The number of hydrogen-bond donors (Lipinski definition) is 1. The van der Waals surface area contributed by atoms with Crippen LogP contribution in [-0.2, 0) is 0 Å². The summed E-state index contributed by atoms with van der Waals surface area (Å²) >= 11 is 0. The van der Waals surface area contributed by atoms with Crippen molar-refractivity contribution in [1.82, 2.24) is 0 Å². The molecule has 0 radical (unpaired) electrons. The first-order valence-corrected chi connectivity index (χ1v) is 5.72. The van der Waals surface area contributed by atoms with Gasteiger partial charge >= 0.3 is 0 Å². The Morgan fingerprint density at radius 3 is 2.60 bits per heavy atom. The number of benzene rings is 1. The minimum atomic E-state index is -0.357. The summed E-state index contributed by atoms with van der Waals surface area (Å²) in [5, 5.41) is 9.83. The van der Waals surface area contributed by atoms with Crippen molar-refractivity contribution >= 4 is 0 Å². The average Bonchev–Trinajstić information content (AvgIpc) is 2.30.